The first-order valence-corrected chi connectivity index (χ1v) is 49.4. The number of carbonyl (C=O) groups is 6. The minimum atomic E-state index is -1.24. The number of quaternary nitrogens is 1. The van der Waals surface area contributed by atoms with Crippen molar-refractivity contribution in [2.75, 3.05) is 269 Å². The summed E-state index contributed by atoms with van der Waals surface area (Å²) >= 11 is 2.69. The molecule has 796 valence electrons. The maximum Gasteiger partial charge on any atom is 0.410 e. The molecule has 5 aromatic heterocycles. The van der Waals surface area contributed by atoms with Crippen LogP contribution in [0.4, 0.5) is 46.4 Å². The number of nitrogens with zero attached hydrogens (tertiary/aromatic N) is 13. The average molecular weight is 2060 g/mol. The van der Waals surface area contributed by atoms with Crippen molar-refractivity contribution in [3.8, 4) is 17.6 Å². The number of alkyl carbamates (subject to hydrolysis) is 1. The number of hydrogen-bond donors (Lipinski definition) is 7. The van der Waals surface area contributed by atoms with Crippen molar-refractivity contribution in [2.24, 2.45) is 11.7 Å². The lowest BCUT2D eigenvalue weighted by atomic mass is 10.0. The molecule has 0 aliphatic carbocycles. The summed E-state index contributed by atoms with van der Waals surface area (Å²) in [6.07, 6.45) is 2.45. The summed E-state index contributed by atoms with van der Waals surface area (Å²) in [5.41, 5.74) is 8.56. The van der Waals surface area contributed by atoms with Crippen molar-refractivity contribution in [1.29, 1.82) is 0 Å². The van der Waals surface area contributed by atoms with Crippen LogP contribution in [-0.2, 0) is 141 Å². The van der Waals surface area contributed by atoms with Gasteiger partial charge in [-0.15, -0.1) is 31.7 Å². The van der Waals surface area contributed by atoms with Gasteiger partial charge in [0.1, 0.15) is 48.8 Å². The normalized spacial score (nSPS) is 12.0. The van der Waals surface area contributed by atoms with Gasteiger partial charge in [0.2, 0.25) is 11.8 Å². The quantitative estimate of drug-likeness (QED) is 0.0107. The number of carboxylic acid groups (broad SMARTS) is 1. The predicted octanol–water partition coefficient (Wildman–Crippen LogP) is 8.31. The number of primary amides is 1. The molecule has 5 heterocycles. The number of nitrogens with one attached hydrogen (secondary N) is 5. The third-order valence-electron chi connectivity index (χ3n) is 20.5. The molecule has 144 heavy (non-hydrogen) atoms. The first-order valence-electron chi connectivity index (χ1n) is 47.8. The van der Waals surface area contributed by atoms with Crippen LogP contribution in [0, 0.1) is 30.5 Å². The Morgan fingerprint density at radius 1 is 0.597 bits per heavy atom. The molecule has 6 amide bonds. The third kappa shape index (κ3) is 47.9. The zero-order chi connectivity index (χ0) is 103. The number of carbonyl (C=O) groups excluding carboxylic acids is 5. The molecule has 8 aromatic rings. The van der Waals surface area contributed by atoms with E-state index in [-0.39, 0.29) is 113 Å². The largest absolute Gasteiger partial charge is 0.491 e. The Bertz CT molecular complexity index is 5100. The highest BCUT2D eigenvalue weighted by Gasteiger charge is 2.32. The number of ether oxygens (including phenoxy) is 19. The van der Waals surface area contributed by atoms with E-state index in [2.05, 4.69) is 79.2 Å². The predicted molar refractivity (Wildman–Crippen MR) is 531 cm³/mol. The van der Waals surface area contributed by atoms with Gasteiger partial charge in [-0.25, -0.2) is 42.9 Å². The Balaban J connectivity index is 0.916. The van der Waals surface area contributed by atoms with E-state index in [0.29, 0.717) is 246 Å². The molecule has 2 atom stereocenters. The monoisotopic (exact) mass is 2060 g/mol. The lowest BCUT2D eigenvalue weighted by Gasteiger charge is -2.30. The Kier molecular flexibility index (Phi) is 55.5. The molecule has 0 bridgehead atoms. The van der Waals surface area contributed by atoms with Crippen LogP contribution in [0.25, 0.3) is 10.2 Å². The Morgan fingerprint density at radius 2 is 1.13 bits per heavy atom. The molecule has 0 spiro atoms. The smallest absolute Gasteiger partial charge is 0.410 e. The van der Waals surface area contributed by atoms with E-state index in [9.17, 15) is 33.9 Å². The van der Waals surface area contributed by atoms with Crippen LogP contribution >= 0.6 is 22.7 Å². The summed E-state index contributed by atoms with van der Waals surface area (Å²) in [5, 5.41) is 51.7. The molecule has 3 aromatic carbocycles. The number of nitrogens with two attached hydrogens (primary N) is 1. The molecule has 0 aliphatic heterocycles. The number of aromatic carboxylic acids is 1. The molecule has 45 nitrogen and oxygen atoms in total. The Labute approximate surface area is 847 Å². The summed E-state index contributed by atoms with van der Waals surface area (Å²) in [4.78, 5) is 94.1. The number of methoxy groups -OCH3 is 2. The number of halogens is 1. The lowest BCUT2D eigenvalue weighted by Crippen LogP contribution is -2.55. The van der Waals surface area contributed by atoms with Crippen molar-refractivity contribution in [3.05, 3.63) is 129 Å². The van der Waals surface area contributed by atoms with Gasteiger partial charge in [-0.2, -0.15) is 0 Å². The van der Waals surface area contributed by atoms with E-state index in [0.717, 1.165) is 15.8 Å². The van der Waals surface area contributed by atoms with Crippen LogP contribution in [-0.4, -0.2) is 372 Å². The number of amides is 6. The van der Waals surface area contributed by atoms with Crippen LogP contribution in [0.5, 0.6) is 5.75 Å². The minimum Gasteiger partial charge on any atom is -0.491 e. The molecular formula is C96H143FN19O26S2+. The number of anilines is 5. The molecule has 0 fully saturated rings. The second kappa shape index (κ2) is 67.6. The van der Waals surface area contributed by atoms with Gasteiger partial charge in [0.25, 0.3) is 0 Å². The number of para-hydroxylation sites is 1. The molecule has 8 rings (SSSR count). The second-order valence-electron chi connectivity index (χ2n) is 34.4. The highest BCUT2D eigenvalue weighted by atomic mass is 32.1. The number of rotatable bonds is 77. The highest BCUT2D eigenvalue weighted by Crippen LogP contribution is 2.34. The molecule has 0 radical (unpaired) electrons. The maximum absolute atomic E-state index is 16.0. The minimum absolute atomic E-state index is 0.00268. The zero-order valence-electron chi connectivity index (χ0n) is 84.4. The number of urea groups is 1. The van der Waals surface area contributed by atoms with Crippen molar-refractivity contribution >= 4 is 96.5 Å². The molecule has 48 heteroatoms. The summed E-state index contributed by atoms with van der Waals surface area (Å²) in [6.45, 7) is 23.3. The van der Waals surface area contributed by atoms with Crippen LogP contribution in [0.1, 0.15) is 103 Å². The number of hydrogen-bond acceptors (Lipinski definition) is 37. The zero-order valence-corrected chi connectivity index (χ0v) is 86.0. The molecule has 0 saturated carbocycles. The van der Waals surface area contributed by atoms with Crippen LogP contribution < -0.4 is 42.0 Å². The first kappa shape index (κ1) is 118. The van der Waals surface area contributed by atoms with Crippen molar-refractivity contribution in [1.82, 2.24) is 71.0 Å². The van der Waals surface area contributed by atoms with Crippen LogP contribution in [0.2, 0.25) is 0 Å². The van der Waals surface area contributed by atoms with Gasteiger partial charge in [-0.05, 0) is 125 Å². The number of aryl methyl sites for hydroxylation is 2. The van der Waals surface area contributed by atoms with Gasteiger partial charge in [0.15, 0.2) is 39.2 Å². The lowest BCUT2D eigenvalue weighted by molar-refractivity contribution is -0.896. The molecule has 0 aliphatic rings. The fourth-order valence-electron chi connectivity index (χ4n) is 13.2. The van der Waals surface area contributed by atoms with Gasteiger partial charge in [-0.3, -0.25) is 14.5 Å². The van der Waals surface area contributed by atoms with Crippen molar-refractivity contribution in [2.45, 2.75) is 124 Å². The molecule has 0 unspecified atom stereocenters. The summed E-state index contributed by atoms with van der Waals surface area (Å²) in [6, 6.07) is 16.0. The van der Waals surface area contributed by atoms with Gasteiger partial charge in [-0.1, -0.05) is 59.7 Å². The second-order valence-corrected chi connectivity index (χ2v) is 36.5. The number of fused-ring (bicyclic) bond motifs is 1. The summed E-state index contributed by atoms with van der Waals surface area (Å²) in [7, 11) is 8.85. The number of aromatic nitrogens is 10. The van der Waals surface area contributed by atoms with E-state index < -0.39 is 65.4 Å². The number of thiazole rings is 2. The van der Waals surface area contributed by atoms with Gasteiger partial charge < -0.3 is 137 Å². The van der Waals surface area contributed by atoms with Crippen LogP contribution in [0.15, 0.2) is 79.1 Å². The Hall–Kier alpha value is -11.0. The van der Waals surface area contributed by atoms with E-state index in [1.165, 1.54) is 39.7 Å². The Morgan fingerprint density at radius 3 is 1.65 bits per heavy atom. The van der Waals surface area contributed by atoms with Crippen molar-refractivity contribution < 1.29 is 133 Å². The molecule has 8 N–H and O–H groups in total. The van der Waals surface area contributed by atoms with Gasteiger partial charge >= 0.3 is 24.2 Å². The van der Waals surface area contributed by atoms with E-state index >= 15 is 4.39 Å². The SMILES string of the molecule is COCCOCCOCCOCCOCCOCCOCCOCCn1cc(COC(=O)N(Cc2cn(CCOCCOCCOCCOCCOCCOCCOCCOC)nn2)Cc2cc(NC(=O)[C@H](CCCNC(N)=O)NC(=O)[C@@H](NC(=O)OC(C)(C)C)C(C)C)ccc2C[N+](C)(C)CC#Cc2ccc(OCCCc3sc(N(C)c4cc(C)c(Nc5nc6ccccc6s5)nn4)nc3C(=O)O)c(F)c2)nn1. The number of benzene rings is 3. The highest BCUT2D eigenvalue weighted by molar-refractivity contribution is 7.22. The molecule has 0 saturated heterocycles. The third-order valence-corrected chi connectivity index (χ3v) is 22.7. The van der Waals surface area contributed by atoms with E-state index in [4.69, 9.17) is 95.7 Å². The van der Waals surface area contributed by atoms with E-state index in [1.807, 2.05) is 51.4 Å². The van der Waals surface area contributed by atoms with E-state index in [1.54, 1.807) is 107 Å². The first-order chi connectivity index (χ1) is 69.6. The van der Waals surface area contributed by atoms with Gasteiger partial charge in [0, 0.05) is 49.5 Å². The summed E-state index contributed by atoms with van der Waals surface area (Å²) < 4.78 is 126. The standard InChI is InChI=1S/C96H142FN19O26S2/c1-70(2)85(104-94(122)142-96(4,5)6)89(118)101-80(19-14-26-99-91(98)121)88(117)100-75-24-23-73(68-116(8,9)29-15-17-72-22-25-81(78(97)62-72)140-30-16-21-83-86(90(119)120)103-93(144-83)112(7)84-61-71(3)87(109-108-84)105-92-102-79-18-12-13-20-82(79)143-92)74(63-75)64-113(65-76-66-114(110-106-76)27-31-126-37-39-130-45-47-134-53-55-138-59-57-136-51-49-132-43-41-128-35-33-124-10)95(123)141-69-77-67-115(111-107-77)28-32-127-38-40-131-46-48-135-54-56-139-60-58-137-52-50-133-44-42-129-36-34-125-11/h12-13,18,20,22-25,61-63,66-67,70,80,85H,14,16,19,21,26-60,64-65,68-69H2,1-11H3,(H7-,98,99,100,101,102,104,105,109,117,118,119,120,121,122)/p+1/t80-,85-/m0/s1. The maximum atomic E-state index is 16.0. The van der Waals surface area contributed by atoms with Gasteiger partial charge in [0.05, 0.1) is 268 Å². The fraction of sp³-hybridized carbons (Fsp3) is 0.604. The van der Waals surface area contributed by atoms with Crippen molar-refractivity contribution in [3.63, 3.8) is 0 Å². The summed E-state index contributed by atoms with van der Waals surface area (Å²) in [5.74, 6) is 3.57. The molecular weight excluding hydrogens is 1920 g/mol. The number of carboxylic acids is 1. The van der Waals surface area contributed by atoms with Crippen LogP contribution in [0.3, 0.4) is 0 Å². The topological polar surface area (TPSA) is 504 Å². The average Bonchev–Trinajstić information content (AvgIpc) is 1.28. The fourth-order valence-corrected chi connectivity index (χ4v) is 15.2.